The largest absolute Gasteiger partial charge is 0.359 e. The van der Waals surface area contributed by atoms with Crippen molar-refractivity contribution in [1.82, 2.24) is 0 Å². The molecule has 0 aromatic heterocycles. The molecule has 0 aromatic rings. The van der Waals surface area contributed by atoms with Crippen LogP contribution in [0.5, 0.6) is 0 Å². The molecule has 0 bridgehead atoms. The van der Waals surface area contributed by atoms with Crippen molar-refractivity contribution >= 4 is 0 Å². The molecule has 0 aromatic carbocycles. The maximum absolute atomic E-state index is 6.23. The molecule has 1 heterocycles. The minimum atomic E-state index is -0.112. The Morgan fingerprint density at radius 3 is 2.80 bits per heavy atom. The summed E-state index contributed by atoms with van der Waals surface area (Å²) in [6.07, 6.45) is 10.6. The molecule has 1 nitrogen and oxygen atoms in total. The third-order valence-corrected chi connectivity index (χ3v) is 3.96. The quantitative estimate of drug-likeness (QED) is 0.592. The van der Waals surface area contributed by atoms with Crippen LogP contribution >= 0.6 is 0 Å². The van der Waals surface area contributed by atoms with Gasteiger partial charge >= 0.3 is 0 Å². The van der Waals surface area contributed by atoms with Crippen molar-refractivity contribution in [3.63, 3.8) is 0 Å². The van der Waals surface area contributed by atoms with Crippen molar-refractivity contribution in [3.8, 4) is 0 Å². The van der Waals surface area contributed by atoms with E-state index in [4.69, 9.17) is 4.74 Å². The summed E-state index contributed by atoms with van der Waals surface area (Å²) in [6, 6.07) is 0. The molecule has 0 saturated carbocycles. The predicted octanol–water partition coefficient (Wildman–Crippen LogP) is 3.86. The first-order valence-corrected chi connectivity index (χ1v) is 6.08. The lowest BCUT2D eigenvalue weighted by molar-refractivity contribution is -0.0722. The summed E-state index contributed by atoms with van der Waals surface area (Å²) in [5.74, 6) is 0. The topological polar surface area (TPSA) is 9.23 Å². The predicted molar refractivity (Wildman–Crippen MR) is 63.8 cm³/mol. The summed E-state index contributed by atoms with van der Waals surface area (Å²) in [5, 5.41) is 0. The van der Waals surface area contributed by atoms with Crippen LogP contribution in [0.4, 0.5) is 0 Å². The highest BCUT2D eigenvalue weighted by molar-refractivity contribution is 5.36. The Balaban J connectivity index is 2.44. The fourth-order valence-electron chi connectivity index (χ4n) is 3.04. The fourth-order valence-corrected chi connectivity index (χ4v) is 3.04. The standard InChI is InChI=1S/C14H22O/c1-5-12-10-11(2)15-14(12)9-7-6-8-13(14,3)4/h7,9-11H,5-6,8H2,1-4H3. The monoisotopic (exact) mass is 206 g/mol. The van der Waals surface area contributed by atoms with Gasteiger partial charge < -0.3 is 4.74 Å². The van der Waals surface area contributed by atoms with E-state index in [0.717, 1.165) is 6.42 Å². The highest BCUT2D eigenvalue weighted by Gasteiger charge is 2.50. The van der Waals surface area contributed by atoms with E-state index in [0.29, 0.717) is 0 Å². The molecule has 15 heavy (non-hydrogen) atoms. The van der Waals surface area contributed by atoms with Crippen LogP contribution in [-0.4, -0.2) is 11.7 Å². The molecule has 0 amide bonds. The number of hydrogen-bond acceptors (Lipinski definition) is 1. The Morgan fingerprint density at radius 1 is 1.47 bits per heavy atom. The van der Waals surface area contributed by atoms with E-state index in [1.54, 1.807) is 0 Å². The first kappa shape index (κ1) is 10.9. The van der Waals surface area contributed by atoms with Crippen LogP contribution in [0.15, 0.2) is 23.8 Å². The summed E-state index contributed by atoms with van der Waals surface area (Å²) < 4.78 is 6.23. The number of hydrogen-bond donors (Lipinski definition) is 0. The average molecular weight is 206 g/mol. The van der Waals surface area contributed by atoms with Crippen LogP contribution in [-0.2, 0) is 4.74 Å². The minimum absolute atomic E-state index is 0.112. The zero-order chi connectivity index (χ0) is 11.1. The van der Waals surface area contributed by atoms with Gasteiger partial charge in [0.15, 0.2) is 0 Å². The Kier molecular flexibility index (Phi) is 2.54. The van der Waals surface area contributed by atoms with Crippen molar-refractivity contribution in [2.24, 2.45) is 5.41 Å². The molecule has 2 unspecified atom stereocenters. The van der Waals surface area contributed by atoms with Crippen molar-refractivity contribution < 1.29 is 4.74 Å². The molecular formula is C14H22O. The molecule has 0 saturated heterocycles. The van der Waals surface area contributed by atoms with Crippen LogP contribution in [0.25, 0.3) is 0 Å². The van der Waals surface area contributed by atoms with E-state index >= 15 is 0 Å². The second-order valence-electron chi connectivity index (χ2n) is 5.43. The molecule has 2 rings (SSSR count). The van der Waals surface area contributed by atoms with Gasteiger partial charge in [0.05, 0.1) is 6.10 Å². The first-order chi connectivity index (χ1) is 7.02. The Bertz CT molecular complexity index is 311. The van der Waals surface area contributed by atoms with Crippen LogP contribution in [0.1, 0.15) is 47.0 Å². The smallest absolute Gasteiger partial charge is 0.113 e. The number of rotatable bonds is 1. The van der Waals surface area contributed by atoms with Crippen LogP contribution in [0.3, 0.4) is 0 Å². The van der Waals surface area contributed by atoms with Gasteiger partial charge in [0.2, 0.25) is 0 Å². The zero-order valence-corrected chi connectivity index (χ0v) is 10.3. The fraction of sp³-hybridized carbons (Fsp3) is 0.714. The maximum Gasteiger partial charge on any atom is 0.113 e. The third-order valence-electron chi connectivity index (χ3n) is 3.96. The Hall–Kier alpha value is -0.560. The highest BCUT2D eigenvalue weighted by Crippen LogP contribution is 2.51. The van der Waals surface area contributed by atoms with Crippen LogP contribution < -0.4 is 0 Å². The molecule has 0 fully saturated rings. The lowest BCUT2D eigenvalue weighted by atomic mass is 9.65. The van der Waals surface area contributed by atoms with Crippen LogP contribution in [0, 0.1) is 5.41 Å². The maximum atomic E-state index is 6.23. The van der Waals surface area contributed by atoms with Gasteiger partial charge in [-0.15, -0.1) is 0 Å². The van der Waals surface area contributed by atoms with Gasteiger partial charge in [-0.25, -0.2) is 0 Å². The van der Waals surface area contributed by atoms with Gasteiger partial charge in [-0.1, -0.05) is 39.0 Å². The molecule has 0 radical (unpaired) electrons. The van der Waals surface area contributed by atoms with Gasteiger partial charge in [0, 0.05) is 5.41 Å². The van der Waals surface area contributed by atoms with Gasteiger partial charge in [0.25, 0.3) is 0 Å². The summed E-state index contributed by atoms with van der Waals surface area (Å²) in [4.78, 5) is 0. The minimum Gasteiger partial charge on any atom is -0.359 e. The van der Waals surface area contributed by atoms with Gasteiger partial charge in [-0.3, -0.25) is 0 Å². The normalized spacial score (nSPS) is 38.4. The zero-order valence-electron chi connectivity index (χ0n) is 10.3. The third kappa shape index (κ3) is 1.48. The average Bonchev–Trinajstić information content (AvgIpc) is 2.49. The van der Waals surface area contributed by atoms with E-state index < -0.39 is 0 Å². The first-order valence-electron chi connectivity index (χ1n) is 6.08. The molecule has 2 aliphatic rings. The van der Waals surface area contributed by atoms with Crippen molar-refractivity contribution in [3.05, 3.63) is 23.8 Å². The SMILES string of the molecule is CCC1=CC(C)OC12C=CCCC2(C)C. The molecule has 84 valence electrons. The van der Waals surface area contributed by atoms with Crippen LogP contribution in [0.2, 0.25) is 0 Å². The van der Waals surface area contributed by atoms with E-state index in [2.05, 4.69) is 45.9 Å². The van der Waals surface area contributed by atoms with Crippen molar-refractivity contribution in [2.75, 3.05) is 0 Å². The second kappa shape index (κ2) is 3.48. The van der Waals surface area contributed by atoms with E-state index in [1.165, 1.54) is 18.4 Å². The van der Waals surface area contributed by atoms with Crippen molar-refractivity contribution in [1.29, 1.82) is 0 Å². The summed E-state index contributed by atoms with van der Waals surface area (Å²) in [6.45, 7) is 9.03. The highest BCUT2D eigenvalue weighted by atomic mass is 16.5. The van der Waals surface area contributed by atoms with E-state index in [1.807, 2.05) is 0 Å². The lowest BCUT2D eigenvalue weighted by Gasteiger charge is -2.46. The van der Waals surface area contributed by atoms with Gasteiger partial charge in [0.1, 0.15) is 5.60 Å². The molecule has 0 N–H and O–H groups in total. The van der Waals surface area contributed by atoms with Crippen molar-refractivity contribution in [2.45, 2.75) is 58.7 Å². The molecule has 2 atom stereocenters. The Labute approximate surface area is 93.2 Å². The lowest BCUT2D eigenvalue weighted by Crippen LogP contribution is -2.47. The summed E-state index contributed by atoms with van der Waals surface area (Å²) in [5.41, 5.74) is 1.59. The molecule has 1 aliphatic carbocycles. The summed E-state index contributed by atoms with van der Waals surface area (Å²) in [7, 11) is 0. The van der Waals surface area contributed by atoms with E-state index in [9.17, 15) is 0 Å². The second-order valence-corrected chi connectivity index (χ2v) is 5.43. The van der Waals surface area contributed by atoms with Gasteiger partial charge in [-0.05, 0) is 31.8 Å². The summed E-state index contributed by atoms with van der Waals surface area (Å²) >= 11 is 0. The molecule has 1 aliphatic heterocycles. The number of allylic oxidation sites excluding steroid dienone is 1. The van der Waals surface area contributed by atoms with Gasteiger partial charge in [-0.2, -0.15) is 0 Å². The molecule has 1 spiro atoms. The molecular weight excluding hydrogens is 184 g/mol. The van der Waals surface area contributed by atoms with E-state index in [-0.39, 0.29) is 17.1 Å². The molecule has 1 heteroatoms. The number of ether oxygens (including phenoxy) is 1. The Morgan fingerprint density at radius 2 is 2.20 bits per heavy atom.